The molecule has 1 aliphatic heterocycles. The fourth-order valence-electron chi connectivity index (χ4n) is 2.38. The minimum Gasteiger partial charge on any atom is -0.314 e. The van der Waals surface area contributed by atoms with Gasteiger partial charge in [-0.25, -0.2) is 0 Å². The number of hydrogen-bond donors (Lipinski definition) is 1. The third-order valence-electron chi connectivity index (χ3n) is 3.41. The van der Waals surface area contributed by atoms with Crippen molar-refractivity contribution in [2.45, 2.75) is 6.04 Å². The first-order chi connectivity index (χ1) is 9.81. The molecule has 0 amide bonds. The smallest absolute Gasteiger partial charge is 0.0535 e. The Morgan fingerprint density at radius 2 is 1.80 bits per heavy atom. The van der Waals surface area contributed by atoms with E-state index < -0.39 is 0 Å². The van der Waals surface area contributed by atoms with Crippen molar-refractivity contribution >= 4 is 11.6 Å². The third-order valence-corrected chi connectivity index (χ3v) is 3.66. The third kappa shape index (κ3) is 4.34. The fraction of sp³-hybridized carbons (Fsp3) is 0.294. The highest BCUT2D eigenvalue weighted by atomic mass is 35.5. The van der Waals surface area contributed by atoms with Crippen molar-refractivity contribution < 1.29 is 0 Å². The first kappa shape index (κ1) is 15.0. The van der Waals surface area contributed by atoms with Crippen molar-refractivity contribution in [1.29, 1.82) is 0 Å². The van der Waals surface area contributed by atoms with Gasteiger partial charge >= 0.3 is 0 Å². The first-order valence-corrected chi connectivity index (χ1v) is 7.35. The molecule has 1 fully saturated rings. The van der Waals surface area contributed by atoms with Gasteiger partial charge in [0.2, 0.25) is 0 Å². The molecule has 1 saturated heterocycles. The molecule has 3 heteroatoms. The van der Waals surface area contributed by atoms with E-state index in [9.17, 15) is 0 Å². The molecule has 1 aromatic rings. The van der Waals surface area contributed by atoms with Gasteiger partial charge in [-0.15, -0.1) is 0 Å². The van der Waals surface area contributed by atoms with Crippen LogP contribution in [0.15, 0.2) is 61.2 Å². The zero-order valence-electron chi connectivity index (χ0n) is 11.6. The van der Waals surface area contributed by atoms with Crippen LogP contribution in [0.1, 0.15) is 11.6 Å². The molecule has 20 heavy (non-hydrogen) atoms. The van der Waals surface area contributed by atoms with Crippen LogP contribution >= 0.6 is 11.6 Å². The Kier molecular flexibility index (Phi) is 6.06. The lowest BCUT2D eigenvalue weighted by molar-refractivity contribution is 0.203. The number of benzene rings is 1. The summed E-state index contributed by atoms with van der Waals surface area (Å²) in [4.78, 5) is 2.48. The van der Waals surface area contributed by atoms with Crippen molar-refractivity contribution in [2.24, 2.45) is 0 Å². The van der Waals surface area contributed by atoms with Crippen LogP contribution in [0.3, 0.4) is 0 Å². The normalized spacial score (nSPS) is 18.6. The Morgan fingerprint density at radius 1 is 1.10 bits per heavy atom. The predicted octanol–water partition coefficient (Wildman–Crippen LogP) is 3.58. The molecule has 1 aliphatic rings. The molecule has 1 unspecified atom stereocenters. The van der Waals surface area contributed by atoms with Gasteiger partial charge in [-0.3, -0.25) is 4.90 Å². The molecule has 2 nitrogen and oxygen atoms in total. The summed E-state index contributed by atoms with van der Waals surface area (Å²) >= 11 is 5.98. The Bertz CT molecular complexity index is 470. The van der Waals surface area contributed by atoms with Gasteiger partial charge in [0, 0.05) is 31.2 Å². The Balaban J connectivity index is 2.18. The Labute approximate surface area is 126 Å². The van der Waals surface area contributed by atoms with E-state index in [0.717, 1.165) is 31.2 Å². The summed E-state index contributed by atoms with van der Waals surface area (Å²) in [5.74, 6) is 0. The van der Waals surface area contributed by atoms with Gasteiger partial charge in [0.15, 0.2) is 0 Å². The first-order valence-electron chi connectivity index (χ1n) is 6.97. The topological polar surface area (TPSA) is 15.3 Å². The lowest BCUT2D eigenvalue weighted by atomic mass is 10.0. The number of allylic oxidation sites excluding steroid dienone is 4. The van der Waals surface area contributed by atoms with Crippen LogP contribution in [-0.4, -0.2) is 31.1 Å². The van der Waals surface area contributed by atoms with E-state index in [1.165, 1.54) is 5.56 Å². The fourth-order valence-corrected chi connectivity index (χ4v) is 2.50. The lowest BCUT2D eigenvalue weighted by Crippen LogP contribution is -2.44. The number of hydrogen-bond acceptors (Lipinski definition) is 2. The molecule has 0 aliphatic carbocycles. The predicted molar refractivity (Wildman–Crippen MR) is 87.1 cm³/mol. The van der Waals surface area contributed by atoms with Crippen LogP contribution in [0.2, 0.25) is 5.02 Å². The van der Waals surface area contributed by atoms with Crippen LogP contribution < -0.4 is 5.32 Å². The molecule has 0 spiro atoms. The molecule has 2 rings (SSSR count). The molecular formula is C17H21ClN2. The maximum atomic E-state index is 5.98. The second-order valence-electron chi connectivity index (χ2n) is 4.79. The molecule has 1 heterocycles. The van der Waals surface area contributed by atoms with Gasteiger partial charge in [0.25, 0.3) is 0 Å². The largest absolute Gasteiger partial charge is 0.314 e. The molecule has 0 radical (unpaired) electrons. The molecule has 1 aromatic carbocycles. The standard InChI is InChI=1S/C17H21ClN2/c1-2-3-4-5-6-17(20-13-11-19-12-14-20)15-7-9-16(18)10-8-15/h2-10,17,19H,1,11-14H2/b4-3-,6-5+. The Hall–Kier alpha value is -1.35. The number of nitrogens with one attached hydrogen (secondary N) is 1. The summed E-state index contributed by atoms with van der Waals surface area (Å²) in [5.41, 5.74) is 1.28. The average Bonchev–Trinajstić information content (AvgIpc) is 2.50. The summed E-state index contributed by atoms with van der Waals surface area (Å²) in [7, 11) is 0. The van der Waals surface area contributed by atoms with Crippen molar-refractivity contribution in [2.75, 3.05) is 26.2 Å². The van der Waals surface area contributed by atoms with E-state index in [4.69, 9.17) is 11.6 Å². The SMILES string of the molecule is C=C/C=C\C=C\C(c1ccc(Cl)cc1)N1CCNCC1. The maximum absolute atomic E-state index is 5.98. The Morgan fingerprint density at radius 3 is 2.45 bits per heavy atom. The quantitative estimate of drug-likeness (QED) is 0.833. The monoisotopic (exact) mass is 288 g/mol. The summed E-state index contributed by atoms with van der Waals surface area (Å²) in [6.45, 7) is 7.88. The molecule has 1 N–H and O–H groups in total. The van der Waals surface area contributed by atoms with Crippen LogP contribution in [0, 0.1) is 0 Å². The highest BCUT2D eigenvalue weighted by Gasteiger charge is 2.19. The maximum Gasteiger partial charge on any atom is 0.0535 e. The molecule has 1 atom stereocenters. The number of rotatable bonds is 5. The van der Waals surface area contributed by atoms with Crippen LogP contribution in [0.4, 0.5) is 0 Å². The van der Waals surface area contributed by atoms with Crippen LogP contribution in [0.25, 0.3) is 0 Å². The van der Waals surface area contributed by atoms with Crippen molar-refractivity contribution in [3.05, 3.63) is 71.8 Å². The number of halogens is 1. The van der Waals surface area contributed by atoms with Crippen LogP contribution in [0.5, 0.6) is 0 Å². The minimum absolute atomic E-state index is 0.295. The molecule has 0 bridgehead atoms. The minimum atomic E-state index is 0.295. The molecule has 0 aromatic heterocycles. The molecule has 0 saturated carbocycles. The molecule has 106 valence electrons. The van der Waals surface area contributed by atoms with Gasteiger partial charge in [-0.2, -0.15) is 0 Å². The lowest BCUT2D eigenvalue weighted by Gasteiger charge is -2.33. The van der Waals surface area contributed by atoms with Gasteiger partial charge < -0.3 is 5.32 Å². The second kappa shape index (κ2) is 8.05. The average molecular weight is 289 g/mol. The van der Waals surface area contributed by atoms with Gasteiger partial charge in [-0.05, 0) is 17.7 Å². The summed E-state index contributed by atoms with van der Waals surface area (Å²) in [6, 6.07) is 8.43. The highest BCUT2D eigenvalue weighted by Crippen LogP contribution is 2.24. The second-order valence-corrected chi connectivity index (χ2v) is 5.22. The van der Waals surface area contributed by atoms with E-state index in [0.29, 0.717) is 6.04 Å². The van der Waals surface area contributed by atoms with Crippen molar-refractivity contribution in [1.82, 2.24) is 10.2 Å². The van der Waals surface area contributed by atoms with E-state index in [1.807, 2.05) is 24.3 Å². The zero-order chi connectivity index (χ0) is 14.2. The summed E-state index contributed by atoms with van der Waals surface area (Å²) in [6.07, 6.45) is 10.1. The van der Waals surface area contributed by atoms with Gasteiger partial charge in [-0.1, -0.05) is 60.7 Å². The van der Waals surface area contributed by atoms with Gasteiger partial charge in [0.1, 0.15) is 0 Å². The van der Waals surface area contributed by atoms with Crippen molar-refractivity contribution in [3.8, 4) is 0 Å². The zero-order valence-corrected chi connectivity index (χ0v) is 12.4. The van der Waals surface area contributed by atoms with E-state index >= 15 is 0 Å². The number of nitrogens with zero attached hydrogens (tertiary/aromatic N) is 1. The van der Waals surface area contributed by atoms with Crippen LogP contribution in [-0.2, 0) is 0 Å². The van der Waals surface area contributed by atoms with Crippen molar-refractivity contribution in [3.63, 3.8) is 0 Å². The highest BCUT2D eigenvalue weighted by molar-refractivity contribution is 6.30. The summed E-state index contributed by atoms with van der Waals surface area (Å²) < 4.78 is 0. The van der Waals surface area contributed by atoms with Gasteiger partial charge in [0.05, 0.1) is 6.04 Å². The molecular weight excluding hydrogens is 268 g/mol. The van der Waals surface area contributed by atoms with E-state index in [-0.39, 0.29) is 0 Å². The van der Waals surface area contributed by atoms with E-state index in [1.54, 1.807) is 6.08 Å². The van der Waals surface area contributed by atoms with E-state index in [2.05, 4.69) is 41.1 Å². The number of piperazine rings is 1. The summed E-state index contributed by atoms with van der Waals surface area (Å²) in [5, 5.41) is 4.17.